The van der Waals surface area contributed by atoms with Crippen LogP contribution in [0.2, 0.25) is 15.1 Å². The highest BCUT2D eigenvalue weighted by Gasteiger charge is 2.24. The number of hydrogen-bond acceptors (Lipinski definition) is 3. The zero-order valence-electron chi connectivity index (χ0n) is 9.42. The van der Waals surface area contributed by atoms with Gasteiger partial charge in [0.1, 0.15) is 6.61 Å². The number of ketones is 1. The smallest absolute Gasteiger partial charge is 0.175 e. The number of rotatable bonds is 4. The lowest BCUT2D eigenvalue weighted by Crippen LogP contribution is -2.21. The van der Waals surface area contributed by atoms with Gasteiger partial charge in [-0.3, -0.25) is 4.79 Å². The Morgan fingerprint density at radius 2 is 2.00 bits per heavy atom. The molecule has 1 saturated heterocycles. The van der Waals surface area contributed by atoms with E-state index in [1.165, 1.54) is 12.1 Å². The van der Waals surface area contributed by atoms with Gasteiger partial charge in [0.15, 0.2) is 11.5 Å². The number of carbonyl (C=O) groups is 1. The predicted octanol–water partition coefficient (Wildman–Crippen LogP) is 3.63. The lowest BCUT2D eigenvalue weighted by Gasteiger charge is -2.11. The van der Waals surface area contributed by atoms with Crippen LogP contribution in [-0.4, -0.2) is 25.6 Å². The number of ether oxygens (including phenoxy) is 2. The quantitative estimate of drug-likeness (QED) is 0.852. The average molecular weight is 310 g/mol. The van der Waals surface area contributed by atoms with Gasteiger partial charge in [-0.05, 0) is 18.6 Å². The Morgan fingerprint density at radius 3 is 2.56 bits per heavy atom. The van der Waals surface area contributed by atoms with Crippen LogP contribution in [0.4, 0.5) is 0 Å². The van der Waals surface area contributed by atoms with Crippen molar-refractivity contribution in [3.8, 4) is 5.75 Å². The van der Waals surface area contributed by atoms with Gasteiger partial charge in [-0.1, -0.05) is 34.8 Å². The van der Waals surface area contributed by atoms with E-state index in [0.29, 0.717) is 28.3 Å². The van der Waals surface area contributed by atoms with E-state index in [-0.39, 0.29) is 24.1 Å². The zero-order valence-corrected chi connectivity index (χ0v) is 11.7. The molecule has 0 radical (unpaired) electrons. The summed E-state index contributed by atoms with van der Waals surface area (Å²) in [7, 11) is 0. The molecular weight excluding hydrogens is 298 g/mol. The van der Waals surface area contributed by atoms with E-state index in [9.17, 15) is 4.79 Å². The van der Waals surface area contributed by atoms with E-state index in [2.05, 4.69) is 0 Å². The summed E-state index contributed by atoms with van der Waals surface area (Å²) < 4.78 is 10.5. The summed E-state index contributed by atoms with van der Waals surface area (Å²) in [5, 5.41) is 1.01. The van der Waals surface area contributed by atoms with Crippen molar-refractivity contribution in [3.05, 3.63) is 27.2 Å². The molecule has 0 spiro atoms. The van der Waals surface area contributed by atoms with Crippen molar-refractivity contribution in [1.82, 2.24) is 0 Å². The fraction of sp³-hybridized carbons (Fsp3) is 0.417. The molecule has 1 fully saturated rings. The Morgan fingerprint density at radius 1 is 1.33 bits per heavy atom. The van der Waals surface area contributed by atoms with Gasteiger partial charge < -0.3 is 9.47 Å². The monoisotopic (exact) mass is 308 g/mol. The number of benzene rings is 1. The zero-order chi connectivity index (χ0) is 13.1. The first kappa shape index (κ1) is 13.9. The minimum Gasteiger partial charge on any atom is -0.483 e. The highest BCUT2D eigenvalue weighted by molar-refractivity contribution is 6.40. The minimum atomic E-state index is -0.0881. The molecule has 1 aliphatic rings. The highest BCUT2D eigenvalue weighted by Crippen LogP contribution is 2.35. The van der Waals surface area contributed by atoms with Crippen molar-refractivity contribution in [2.45, 2.75) is 6.42 Å². The van der Waals surface area contributed by atoms with Gasteiger partial charge in [0.05, 0.1) is 16.7 Å². The molecule has 1 unspecified atom stereocenters. The van der Waals surface area contributed by atoms with Crippen LogP contribution in [0.25, 0.3) is 0 Å². The number of hydrogen-bond donors (Lipinski definition) is 0. The summed E-state index contributed by atoms with van der Waals surface area (Å²) in [6.07, 6.45) is 0.740. The molecule has 0 bridgehead atoms. The Labute approximate surface area is 120 Å². The Balaban J connectivity index is 1.99. The Kier molecular flexibility index (Phi) is 4.73. The molecule has 3 nitrogen and oxygen atoms in total. The summed E-state index contributed by atoms with van der Waals surface area (Å²) in [5.74, 6) is 0.194. The molecule has 0 saturated carbocycles. The fourth-order valence-corrected chi connectivity index (χ4v) is 2.64. The standard InChI is InChI=1S/C12H11Cl3O3/c13-8-3-9(14)12(10(15)4-8)18-6-11(16)7-1-2-17-5-7/h3-4,7H,1-2,5-6H2. The molecule has 0 N–H and O–H groups in total. The Bertz CT molecular complexity index is 433. The lowest BCUT2D eigenvalue weighted by molar-refractivity contribution is -0.124. The number of Topliss-reactive ketones (excluding diaryl/α,β-unsaturated/α-hetero) is 1. The minimum absolute atomic E-state index is 0.00502. The largest absolute Gasteiger partial charge is 0.483 e. The molecule has 1 heterocycles. The van der Waals surface area contributed by atoms with E-state index in [1.54, 1.807) is 0 Å². The first-order chi connectivity index (χ1) is 8.58. The maximum Gasteiger partial charge on any atom is 0.175 e. The van der Waals surface area contributed by atoms with Crippen LogP contribution >= 0.6 is 34.8 Å². The summed E-state index contributed by atoms with van der Waals surface area (Å²) in [6.45, 7) is 1.03. The van der Waals surface area contributed by atoms with Crippen molar-refractivity contribution in [2.75, 3.05) is 19.8 Å². The predicted molar refractivity (Wildman–Crippen MR) is 70.9 cm³/mol. The van der Waals surface area contributed by atoms with Gasteiger partial charge in [-0.15, -0.1) is 0 Å². The van der Waals surface area contributed by atoms with Gasteiger partial charge in [-0.25, -0.2) is 0 Å². The molecular formula is C12H11Cl3O3. The van der Waals surface area contributed by atoms with Crippen molar-refractivity contribution < 1.29 is 14.3 Å². The van der Waals surface area contributed by atoms with Crippen molar-refractivity contribution in [3.63, 3.8) is 0 Å². The molecule has 6 heteroatoms. The molecule has 98 valence electrons. The third-order valence-electron chi connectivity index (χ3n) is 2.71. The SMILES string of the molecule is O=C(COc1c(Cl)cc(Cl)cc1Cl)C1CCOC1. The second kappa shape index (κ2) is 6.11. The first-order valence-corrected chi connectivity index (χ1v) is 6.59. The topological polar surface area (TPSA) is 35.5 Å². The van der Waals surface area contributed by atoms with Gasteiger partial charge in [0.2, 0.25) is 0 Å². The molecule has 18 heavy (non-hydrogen) atoms. The van der Waals surface area contributed by atoms with E-state index >= 15 is 0 Å². The molecule has 1 aliphatic heterocycles. The summed E-state index contributed by atoms with van der Waals surface area (Å²) >= 11 is 17.7. The molecule has 0 aliphatic carbocycles. The van der Waals surface area contributed by atoms with E-state index < -0.39 is 0 Å². The summed E-state index contributed by atoms with van der Waals surface area (Å²) in [6, 6.07) is 3.04. The molecule has 2 rings (SSSR count). The molecule has 0 aromatic heterocycles. The molecule has 1 aromatic carbocycles. The van der Waals surface area contributed by atoms with Gasteiger partial charge in [-0.2, -0.15) is 0 Å². The summed E-state index contributed by atoms with van der Waals surface area (Å²) in [4.78, 5) is 11.8. The van der Waals surface area contributed by atoms with E-state index in [4.69, 9.17) is 44.3 Å². The van der Waals surface area contributed by atoms with Gasteiger partial charge >= 0.3 is 0 Å². The molecule has 1 atom stereocenters. The van der Waals surface area contributed by atoms with Crippen LogP contribution in [0.3, 0.4) is 0 Å². The van der Waals surface area contributed by atoms with Gasteiger partial charge in [0, 0.05) is 17.5 Å². The highest BCUT2D eigenvalue weighted by atomic mass is 35.5. The second-order valence-electron chi connectivity index (χ2n) is 4.01. The third-order valence-corrected chi connectivity index (χ3v) is 3.49. The fourth-order valence-electron chi connectivity index (χ4n) is 1.72. The molecule has 1 aromatic rings. The van der Waals surface area contributed by atoms with Crippen LogP contribution in [0.1, 0.15) is 6.42 Å². The lowest BCUT2D eigenvalue weighted by atomic mass is 10.0. The third kappa shape index (κ3) is 3.29. The van der Waals surface area contributed by atoms with Crippen molar-refractivity contribution in [1.29, 1.82) is 0 Å². The first-order valence-electron chi connectivity index (χ1n) is 5.45. The number of carbonyl (C=O) groups excluding carboxylic acids is 1. The van der Waals surface area contributed by atoms with Crippen LogP contribution in [0, 0.1) is 5.92 Å². The average Bonchev–Trinajstić information content (AvgIpc) is 2.80. The Hall–Kier alpha value is -0.480. The van der Waals surface area contributed by atoms with Crippen LogP contribution in [0.15, 0.2) is 12.1 Å². The van der Waals surface area contributed by atoms with Crippen LogP contribution in [-0.2, 0) is 9.53 Å². The second-order valence-corrected chi connectivity index (χ2v) is 5.26. The number of halogens is 3. The van der Waals surface area contributed by atoms with E-state index in [0.717, 1.165) is 6.42 Å². The maximum atomic E-state index is 11.8. The summed E-state index contributed by atoms with van der Waals surface area (Å²) in [5.41, 5.74) is 0. The normalized spacial score (nSPS) is 18.9. The van der Waals surface area contributed by atoms with Gasteiger partial charge in [0.25, 0.3) is 0 Å². The van der Waals surface area contributed by atoms with Crippen molar-refractivity contribution in [2.24, 2.45) is 5.92 Å². The van der Waals surface area contributed by atoms with Crippen molar-refractivity contribution >= 4 is 40.6 Å². The van der Waals surface area contributed by atoms with E-state index in [1.807, 2.05) is 0 Å². The maximum absolute atomic E-state index is 11.8. The molecule has 0 amide bonds. The van der Waals surface area contributed by atoms with Crippen LogP contribution in [0.5, 0.6) is 5.75 Å². The van der Waals surface area contributed by atoms with Crippen LogP contribution < -0.4 is 4.74 Å².